The molecule has 0 saturated carbocycles. The fourth-order valence-corrected chi connectivity index (χ4v) is 4.97. The van der Waals surface area contributed by atoms with Gasteiger partial charge in [-0.1, -0.05) is 23.7 Å². The Morgan fingerprint density at radius 1 is 0.966 bits per heavy atom. The Morgan fingerprint density at radius 3 is 1.97 bits per heavy atom. The molecule has 2 aromatic carbocycles. The molecule has 2 rings (SSSR count). The first kappa shape index (κ1) is 23.4. The number of ether oxygens (including phenoxy) is 3. The van der Waals surface area contributed by atoms with Gasteiger partial charge in [0.25, 0.3) is 0 Å². The Bertz CT molecular complexity index is 828. The van der Waals surface area contributed by atoms with Gasteiger partial charge in [0.2, 0.25) is 5.75 Å². The molecule has 0 heterocycles. The Hall–Kier alpha value is -1.92. The molecular formula is C20H27ClNO6P. The van der Waals surface area contributed by atoms with Gasteiger partial charge in [0, 0.05) is 0 Å². The number of halogens is 1. The van der Waals surface area contributed by atoms with Gasteiger partial charge in [0.15, 0.2) is 17.3 Å². The zero-order chi connectivity index (χ0) is 21.4. The van der Waals surface area contributed by atoms with E-state index >= 15 is 0 Å². The van der Waals surface area contributed by atoms with E-state index in [1.54, 1.807) is 38.1 Å². The van der Waals surface area contributed by atoms with Gasteiger partial charge in [0.1, 0.15) is 0 Å². The summed E-state index contributed by atoms with van der Waals surface area (Å²) in [5.41, 5.74) is 1.16. The van der Waals surface area contributed by atoms with Gasteiger partial charge in [-0.3, -0.25) is 4.57 Å². The molecule has 1 N–H and O–H groups in total. The molecule has 9 heteroatoms. The van der Waals surface area contributed by atoms with Crippen LogP contribution in [0.1, 0.15) is 25.2 Å². The van der Waals surface area contributed by atoms with Gasteiger partial charge < -0.3 is 28.6 Å². The third-order valence-electron chi connectivity index (χ3n) is 4.10. The van der Waals surface area contributed by atoms with Gasteiger partial charge in [-0.05, 0) is 43.7 Å². The molecule has 1 atom stereocenters. The van der Waals surface area contributed by atoms with Crippen LogP contribution in [0.5, 0.6) is 17.2 Å². The van der Waals surface area contributed by atoms with Crippen molar-refractivity contribution < 1.29 is 27.8 Å². The van der Waals surface area contributed by atoms with E-state index in [0.29, 0.717) is 33.5 Å². The number of rotatable bonds is 11. The predicted octanol–water partition coefficient (Wildman–Crippen LogP) is 5.74. The molecule has 0 spiro atoms. The summed E-state index contributed by atoms with van der Waals surface area (Å²) < 4.78 is 41.2. The summed E-state index contributed by atoms with van der Waals surface area (Å²) in [6.07, 6.45) is 0. The van der Waals surface area contributed by atoms with E-state index < -0.39 is 13.4 Å². The zero-order valence-electron chi connectivity index (χ0n) is 17.2. The first-order valence-electron chi connectivity index (χ1n) is 9.13. The highest BCUT2D eigenvalue weighted by Gasteiger charge is 2.38. The van der Waals surface area contributed by atoms with Crippen molar-refractivity contribution in [2.75, 3.05) is 39.9 Å². The standard InChI is InChI=1S/C20H27ClNO6P/c1-6-27-29(23,28-7-2)20(22-16-11-9-8-10-15(16)21)14-12-17(24-3)19(26-5)18(13-14)25-4/h8-13,20,22H,6-7H2,1-5H3. The van der Waals surface area contributed by atoms with Crippen LogP contribution in [-0.4, -0.2) is 34.5 Å². The van der Waals surface area contributed by atoms with Gasteiger partial charge >= 0.3 is 7.60 Å². The van der Waals surface area contributed by atoms with Gasteiger partial charge in [-0.2, -0.15) is 0 Å². The largest absolute Gasteiger partial charge is 0.493 e. The SMILES string of the molecule is CCOP(=O)(OCC)C(Nc1ccccc1Cl)c1cc(OC)c(OC)c(OC)c1. The minimum absolute atomic E-state index is 0.211. The maximum atomic E-state index is 13.7. The average molecular weight is 444 g/mol. The fourth-order valence-electron chi connectivity index (χ4n) is 2.88. The summed E-state index contributed by atoms with van der Waals surface area (Å²) >= 11 is 6.32. The van der Waals surface area contributed by atoms with E-state index in [9.17, 15) is 4.57 Å². The summed E-state index contributed by atoms with van der Waals surface area (Å²) in [5.74, 6) is 0.411. The number of hydrogen-bond donors (Lipinski definition) is 1. The van der Waals surface area contributed by atoms with E-state index in [0.717, 1.165) is 0 Å². The fraction of sp³-hybridized carbons (Fsp3) is 0.400. The topological polar surface area (TPSA) is 75.3 Å². The van der Waals surface area contributed by atoms with Gasteiger partial charge in [0.05, 0.1) is 45.3 Å². The summed E-state index contributed by atoms with van der Waals surface area (Å²) in [6, 6.07) is 10.6. The lowest BCUT2D eigenvalue weighted by Crippen LogP contribution is -2.16. The maximum Gasteiger partial charge on any atom is 0.357 e. The summed E-state index contributed by atoms with van der Waals surface area (Å²) in [4.78, 5) is 0. The number of benzene rings is 2. The Labute approximate surface area is 176 Å². The molecule has 0 aromatic heterocycles. The van der Waals surface area contributed by atoms with Crippen LogP contribution >= 0.6 is 19.2 Å². The molecule has 0 amide bonds. The molecule has 2 aromatic rings. The Morgan fingerprint density at radius 2 is 1.52 bits per heavy atom. The van der Waals surface area contributed by atoms with E-state index in [1.807, 2.05) is 12.1 Å². The van der Waals surface area contributed by atoms with Crippen molar-refractivity contribution in [3.05, 3.63) is 47.0 Å². The minimum atomic E-state index is -3.64. The number of anilines is 1. The first-order valence-corrected chi connectivity index (χ1v) is 11.1. The predicted molar refractivity (Wildman–Crippen MR) is 115 cm³/mol. The number of nitrogens with one attached hydrogen (secondary N) is 1. The first-order chi connectivity index (χ1) is 13.9. The molecule has 0 aliphatic heterocycles. The Balaban J connectivity index is 2.66. The lowest BCUT2D eigenvalue weighted by molar-refractivity contribution is 0.214. The molecule has 0 aliphatic carbocycles. The van der Waals surface area contributed by atoms with Crippen molar-refractivity contribution in [1.29, 1.82) is 0 Å². The van der Waals surface area contributed by atoms with Crippen molar-refractivity contribution in [2.24, 2.45) is 0 Å². The third-order valence-corrected chi connectivity index (χ3v) is 6.73. The van der Waals surface area contributed by atoms with Gasteiger partial charge in [-0.25, -0.2) is 0 Å². The van der Waals surface area contributed by atoms with Crippen molar-refractivity contribution in [1.82, 2.24) is 0 Å². The molecule has 1 unspecified atom stereocenters. The highest BCUT2D eigenvalue weighted by molar-refractivity contribution is 7.54. The number of methoxy groups -OCH3 is 3. The van der Waals surface area contributed by atoms with E-state index in [-0.39, 0.29) is 13.2 Å². The summed E-state index contributed by atoms with van der Waals surface area (Å²) in [6.45, 7) is 3.94. The molecule has 160 valence electrons. The third kappa shape index (κ3) is 5.37. The van der Waals surface area contributed by atoms with Crippen molar-refractivity contribution in [2.45, 2.75) is 19.6 Å². The van der Waals surface area contributed by atoms with Crippen LogP contribution in [-0.2, 0) is 13.6 Å². The van der Waals surface area contributed by atoms with E-state index in [1.165, 1.54) is 21.3 Å². The van der Waals surface area contributed by atoms with Crippen LogP contribution in [0.15, 0.2) is 36.4 Å². The van der Waals surface area contributed by atoms with Crippen molar-refractivity contribution in [3.63, 3.8) is 0 Å². The molecular weight excluding hydrogens is 417 g/mol. The second-order valence-corrected chi connectivity index (χ2v) is 8.38. The molecule has 0 fully saturated rings. The molecule has 0 radical (unpaired) electrons. The normalized spacial score (nSPS) is 12.3. The lowest BCUT2D eigenvalue weighted by atomic mass is 10.1. The van der Waals surface area contributed by atoms with Crippen LogP contribution in [0.2, 0.25) is 5.02 Å². The summed E-state index contributed by atoms with van der Waals surface area (Å²) in [7, 11) is 0.908. The smallest absolute Gasteiger partial charge is 0.357 e. The maximum absolute atomic E-state index is 13.7. The zero-order valence-corrected chi connectivity index (χ0v) is 18.9. The van der Waals surface area contributed by atoms with Crippen LogP contribution in [0, 0.1) is 0 Å². The van der Waals surface area contributed by atoms with E-state index in [4.69, 9.17) is 34.9 Å². The highest BCUT2D eigenvalue weighted by atomic mass is 35.5. The minimum Gasteiger partial charge on any atom is -0.493 e. The average Bonchev–Trinajstić information content (AvgIpc) is 2.72. The quantitative estimate of drug-likeness (QED) is 0.443. The second-order valence-electron chi connectivity index (χ2n) is 5.86. The van der Waals surface area contributed by atoms with Crippen LogP contribution in [0.25, 0.3) is 0 Å². The van der Waals surface area contributed by atoms with Crippen LogP contribution in [0.3, 0.4) is 0 Å². The van der Waals surface area contributed by atoms with Crippen molar-refractivity contribution in [3.8, 4) is 17.2 Å². The van der Waals surface area contributed by atoms with Crippen molar-refractivity contribution >= 4 is 24.9 Å². The van der Waals surface area contributed by atoms with Crippen LogP contribution in [0.4, 0.5) is 5.69 Å². The Kier molecular flexibility index (Phi) is 8.65. The summed E-state index contributed by atoms with van der Waals surface area (Å²) in [5, 5.41) is 3.69. The number of para-hydroxylation sites is 1. The molecule has 0 bridgehead atoms. The van der Waals surface area contributed by atoms with E-state index in [2.05, 4.69) is 5.32 Å². The second kappa shape index (κ2) is 10.7. The number of hydrogen-bond acceptors (Lipinski definition) is 7. The van der Waals surface area contributed by atoms with Crippen LogP contribution < -0.4 is 19.5 Å². The highest BCUT2D eigenvalue weighted by Crippen LogP contribution is 2.62. The molecule has 29 heavy (non-hydrogen) atoms. The molecule has 0 saturated heterocycles. The van der Waals surface area contributed by atoms with Gasteiger partial charge in [-0.15, -0.1) is 0 Å². The lowest BCUT2D eigenvalue weighted by Gasteiger charge is -2.29. The molecule has 7 nitrogen and oxygen atoms in total. The molecule has 0 aliphatic rings. The monoisotopic (exact) mass is 443 g/mol.